The lowest BCUT2D eigenvalue weighted by molar-refractivity contribution is -0.889. The van der Waals surface area contributed by atoms with Gasteiger partial charge in [0, 0.05) is 6.54 Å². The molecule has 6 heteroatoms. The standard InChI is InChI=1S/C12H27N2O4/c1-14(2,6-5-13)7-9-18-11-10-17-8-4-12(15)16-3/h4-11,13H2,1-3H3/q+1. The second-order valence-electron chi connectivity index (χ2n) is 4.72. The van der Waals surface area contributed by atoms with Crippen LogP contribution in [0.1, 0.15) is 6.42 Å². The first-order chi connectivity index (χ1) is 8.52. The van der Waals surface area contributed by atoms with Gasteiger partial charge in [0.1, 0.15) is 6.54 Å². The van der Waals surface area contributed by atoms with Crippen LogP contribution in [0.4, 0.5) is 0 Å². The normalized spacial score (nSPS) is 11.6. The predicted molar refractivity (Wildman–Crippen MR) is 69.2 cm³/mol. The van der Waals surface area contributed by atoms with Crippen molar-refractivity contribution < 1.29 is 23.5 Å². The third kappa shape index (κ3) is 10.5. The molecule has 0 aliphatic heterocycles. The van der Waals surface area contributed by atoms with Crippen LogP contribution in [0.3, 0.4) is 0 Å². The van der Waals surface area contributed by atoms with Gasteiger partial charge in [-0.05, 0) is 0 Å². The molecule has 0 atom stereocenters. The molecule has 0 amide bonds. The number of ether oxygens (including phenoxy) is 3. The van der Waals surface area contributed by atoms with Gasteiger partial charge in [-0.15, -0.1) is 0 Å². The van der Waals surface area contributed by atoms with Crippen molar-refractivity contribution in [3.05, 3.63) is 0 Å². The molecule has 0 aromatic heterocycles. The second kappa shape index (κ2) is 10.3. The largest absolute Gasteiger partial charge is 0.469 e. The predicted octanol–water partition coefficient (Wildman–Crippen LogP) is -0.382. The first-order valence-corrected chi connectivity index (χ1v) is 6.26. The zero-order valence-electron chi connectivity index (χ0n) is 11.8. The highest BCUT2D eigenvalue weighted by molar-refractivity contribution is 5.69. The van der Waals surface area contributed by atoms with Gasteiger partial charge < -0.3 is 24.4 Å². The third-order valence-corrected chi connectivity index (χ3v) is 2.63. The molecule has 0 bridgehead atoms. The van der Waals surface area contributed by atoms with E-state index < -0.39 is 0 Å². The van der Waals surface area contributed by atoms with Crippen molar-refractivity contribution in [2.24, 2.45) is 5.73 Å². The van der Waals surface area contributed by atoms with Crippen LogP contribution in [-0.2, 0) is 19.0 Å². The average molecular weight is 263 g/mol. The molecule has 0 aliphatic rings. The summed E-state index contributed by atoms with van der Waals surface area (Å²) < 4.78 is 16.0. The molecule has 0 radical (unpaired) electrons. The number of methoxy groups -OCH3 is 1. The Morgan fingerprint density at radius 3 is 2.22 bits per heavy atom. The maximum atomic E-state index is 10.8. The Labute approximate surface area is 110 Å². The third-order valence-electron chi connectivity index (χ3n) is 2.63. The number of nitrogens with two attached hydrogens (primary N) is 1. The topological polar surface area (TPSA) is 70.8 Å². The number of carbonyl (C=O) groups is 1. The molecule has 108 valence electrons. The monoisotopic (exact) mass is 263 g/mol. The molecule has 0 unspecified atom stereocenters. The summed E-state index contributed by atoms with van der Waals surface area (Å²) in [5.41, 5.74) is 5.52. The van der Waals surface area contributed by atoms with Crippen LogP contribution >= 0.6 is 0 Å². The Bertz CT molecular complexity index is 222. The molecule has 0 aromatic carbocycles. The summed E-state index contributed by atoms with van der Waals surface area (Å²) in [6.45, 7) is 4.67. The highest BCUT2D eigenvalue weighted by Crippen LogP contribution is 1.95. The molecule has 0 spiro atoms. The molecule has 0 heterocycles. The summed E-state index contributed by atoms with van der Waals surface area (Å²) in [6.07, 6.45) is 0.289. The zero-order chi connectivity index (χ0) is 13.9. The highest BCUT2D eigenvalue weighted by atomic mass is 16.5. The molecule has 0 fully saturated rings. The SMILES string of the molecule is COC(=O)CCOCCOCC[N+](C)(C)CCN. The minimum absolute atomic E-state index is 0.253. The van der Waals surface area contributed by atoms with Crippen molar-refractivity contribution >= 4 is 5.97 Å². The maximum absolute atomic E-state index is 10.8. The quantitative estimate of drug-likeness (QED) is 0.312. The number of quaternary nitrogens is 1. The van der Waals surface area contributed by atoms with E-state index in [1.165, 1.54) is 7.11 Å². The molecule has 0 saturated carbocycles. The number of hydrogen-bond donors (Lipinski definition) is 1. The van der Waals surface area contributed by atoms with Crippen LogP contribution in [0.2, 0.25) is 0 Å². The van der Waals surface area contributed by atoms with Crippen molar-refractivity contribution in [3.63, 3.8) is 0 Å². The van der Waals surface area contributed by atoms with Crippen LogP contribution in [0.15, 0.2) is 0 Å². The van der Waals surface area contributed by atoms with Crippen LogP contribution in [0.5, 0.6) is 0 Å². The number of rotatable bonds is 11. The molecule has 2 N–H and O–H groups in total. The molecule has 6 nitrogen and oxygen atoms in total. The molecule has 18 heavy (non-hydrogen) atoms. The van der Waals surface area contributed by atoms with Crippen molar-refractivity contribution in [3.8, 4) is 0 Å². The van der Waals surface area contributed by atoms with Crippen LogP contribution in [0, 0.1) is 0 Å². The van der Waals surface area contributed by atoms with E-state index in [1.54, 1.807) is 0 Å². The minimum atomic E-state index is -0.253. The summed E-state index contributed by atoms with van der Waals surface area (Å²) in [6, 6.07) is 0. The lowest BCUT2D eigenvalue weighted by Crippen LogP contribution is -2.45. The Balaban J connectivity index is 3.28. The van der Waals surface area contributed by atoms with E-state index in [0.29, 0.717) is 33.0 Å². The van der Waals surface area contributed by atoms with E-state index in [4.69, 9.17) is 15.2 Å². The Hall–Kier alpha value is -0.690. The fourth-order valence-electron chi connectivity index (χ4n) is 1.35. The Kier molecular flexibility index (Phi) is 9.86. The number of likely N-dealkylation sites (N-methyl/N-ethyl adjacent to an activating group) is 1. The van der Waals surface area contributed by atoms with Gasteiger partial charge in [-0.1, -0.05) is 0 Å². The lowest BCUT2D eigenvalue weighted by Gasteiger charge is -2.28. The van der Waals surface area contributed by atoms with Crippen LogP contribution in [0.25, 0.3) is 0 Å². The first kappa shape index (κ1) is 17.3. The van der Waals surface area contributed by atoms with Gasteiger partial charge in [-0.3, -0.25) is 4.79 Å². The van der Waals surface area contributed by atoms with E-state index in [1.807, 2.05) is 0 Å². The average Bonchev–Trinajstić information content (AvgIpc) is 2.32. The second-order valence-corrected chi connectivity index (χ2v) is 4.72. The lowest BCUT2D eigenvalue weighted by atomic mass is 10.4. The summed E-state index contributed by atoms with van der Waals surface area (Å²) >= 11 is 0. The molecule has 0 saturated heterocycles. The van der Waals surface area contributed by atoms with Gasteiger partial charge in [0.15, 0.2) is 0 Å². The highest BCUT2D eigenvalue weighted by Gasteiger charge is 2.12. The molecule has 0 aliphatic carbocycles. The Morgan fingerprint density at radius 2 is 1.67 bits per heavy atom. The maximum Gasteiger partial charge on any atom is 0.307 e. The van der Waals surface area contributed by atoms with Gasteiger partial charge in [-0.25, -0.2) is 0 Å². The number of hydrogen-bond acceptors (Lipinski definition) is 5. The summed E-state index contributed by atoms with van der Waals surface area (Å²) in [5, 5.41) is 0. The smallest absolute Gasteiger partial charge is 0.307 e. The minimum Gasteiger partial charge on any atom is -0.469 e. The zero-order valence-corrected chi connectivity index (χ0v) is 11.8. The fraction of sp³-hybridized carbons (Fsp3) is 0.917. The van der Waals surface area contributed by atoms with Crippen LogP contribution < -0.4 is 5.73 Å². The molecular weight excluding hydrogens is 236 g/mol. The summed E-state index contributed by atoms with van der Waals surface area (Å²) in [5.74, 6) is -0.253. The molecular formula is C12H27N2O4+. The van der Waals surface area contributed by atoms with Crippen molar-refractivity contribution in [2.75, 3.05) is 67.3 Å². The first-order valence-electron chi connectivity index (χ1n) is 6.26. The summed E-state index contributed by atoms with van der Waals surface area (Å²) in [7, 11) is 5.62. The molecule has 0 rings (SSSR count). The van der Waals surface area contributed by atoms with Gasteiger partial charge in [0.25, 0.3) is 0 Å². The van der Waals surface area contributed by atoms with Gasteiger partial charge in [0.05, 0.1) is 60.6 Å². The van der Waals surface area contributed by atoms with E-state index in [-0.39, 0.29) is 12.4 Å². The van der Waals surface area contributed by atoms with Gasteiger partial charge in [-0.2, -0.15) is 0 Å². The van der Waals surface area contributed by atoms with Crippen LogP contribution in [-0.4, -0.2) is 77.7 Å². The molecule has 0 aromatic rings. The number of carbonyl (C=O) groups excluding carboxylic acids is 1. The van der Waals surface area contributed by atoms with Gasteiger partial charge >= 0.3 is 5.97 Å². The van der Waals surface area contributed by atoms with E-state index >= 15 is 0 Å². The van der Waals surface area contributed by atoms with Crippen molar-refractivity contribution in [1.29, 1.82) is 0 Å². The summed E-state index contributed by atoms with van der Waals surface area (Å²) in [4.78, 5) is 10.8. The van der Waals surface area contributed by atoms with E-state index in [2.05, 4.69) is 18.8 Å². The van der Waals surface area contributed by atoms with E-state index in [9.17, 15) is 4.79 Å². The van der Waals surface area contributed by atoms with E-state index in [0.717, 1.165) is 17.6 Å². The number of nitrogens with zero attached hydrogens (tertiary/aromatic N) is 1. The Morgan fingerprint density at radius 1 is 1.06 bits per heavy atom. The number of esters is 1. The fourth-order valence-corrected chi connectivity index (χ4v) is 1.35. The van der Waals surface area contributed by atoms with Crippen molar-refractivity contribution in [2.45, 2.75) is 6.42 Å². The van der Waals surface area contributed by atoms with Gasteiger partial charge in [0.2, 0.25) is 0 Å². The van der Waals surface area contributed by atoms with Crippen molar-refractivity contribution in [1.82, 2.24) is 0 Å².